The Labute approximate surface area is 147 Å². The normalized spacial score (nSPS) is 11.2. The first-order chi connectivity index (χ1) is 11.8. The second-order valence-electron chi connectivity index (χ2n) is 4.85. The zero-order valence-corrected chi connectivity index (χ0v) is 14.5. The van der Waals surface area contributed by atoms with Crippen molar-refractivity contribution in [3.8, 4) is 11.4 Å². The molecule has 0 unspecified atom stereocenters. The molecule has 0 fully saturated rings. The average molecular weight is 363 g/mol. The van der Waals surface area contributed by atoms with E-state index in [4.69, 9.17) is 4.55 Å². The molecule has 25 heavy (non-hydrogen) atoms. The predicted molar refractivity (Wildman–Crippen MR) is 93.4 cm³/mol. The number of aromatic nitrogens is 2. The summed E-state index contributed by atoms with van der Waals surface area (Å²) in [4.78, 5) is 9.47. The summed E-state index contributed by atoms with van der Waals surface area (Å²) in [5.74, 6) is -0.481. The van der Waals surface area contributed by atoms with Crippen molar-refractivity contribution >= 4 is 16.0 Å². The quantitative estimate of drug-likeness (QED) is 0.463. The minimum Gasteiger partial charge on any atom is -0.366 e. The lowest BCUT2D eigenvalue weighted by Crippen LogP contribution is -2.52. The van der Waals surface area contributed by atoms with Crippen LogP contribution in [0.1, 0.15) is 0 Å². The van der Waals surface area contributed by atoms with E-state index >= 15 is 0 Å². The second-order valence-corrected chi connectivity index (χ2v) is 6.21. The van der Waals surface area contributed by atoms with Gasteiger partial charge in [-0.05, 0) is 18.2 Å². The number of hydrogen-bond acceptors (Lipinski definition) is 3. The number of rotatable bonds is 2. The summed E-state index contributed by atoms with van der Waals surface area (Å²) >= 11 is 0. The number of carbonyl (C=O) groups is 1. The zero-order valence-electron chi connectivity index (χ0n) is 13.7. The van der Waals surface area contributed by atoms with Gasteiger partial charge in [0.15, 0.2) is 12.4 Å². The first-order valence-electron chi connectivity index (χ1n) is 7.27. The van der Waals surface area contributed by atoms with Crippen LogP contribution in [0.4, 0.5) is 0 Å². The van der Waals surface area contributed by atoms with Crippen LogP contribution in [-0.4, -0.2) is 18.9 Å². The topological polar surface area (TPSA) is 105 Å². The summed E-state index contributed by atoms with van der Waals surface area (Å²) < 4.78 is 31.2. The number of primary amides is 1. The van der Waals surface area contributed by atoms with Crippen molar-refractivity contribution in [1.82, 2.24) is 0 Å². The first-order valence-corrected chi connectivity index (χ1v) is 8.78. The van der Waals surface area contributed by atoms with Gasteiger partial charge in [0.05, 0.1) is 5.41 Å². The molecule has 0 radical (unpaired) electrons. The molecule has 0 spiro atoms. The lowest BCUT2D eigenvalue weighted by atomic mass is 10.2. The Morgan fingerprint density at radius 3 is 1.68 bits per heavy atom. The van der Waals surface area contributed by atoms with Crippen LogP contribution >= 0.6 is 0 Å². The second kappa shape index (κ2) is 9.45. The fraction of sp³-hybridized carbons (Fsp3) is 0.118. The van der Waals surface area contributed by atoms with Crippen LogP contribution in [-0.2, 0) is 28.0 Å². The van der Waals surface area contributed by atoms with Crippen molar-refractivity contribution in [2.45, 2.75) is 13.1 Å². The molecule has 3 N–H and O–H groups in total. The number of hydrogen-bond donors (Lipinski definition) is 2. The molecule has 2 aromatic heterocycles. The molecule has 1 aliphatic heterocycles. The van der Waals surface area contributed by atoms with Crippen LogP contribution < -0.4 is 14.9 Å². The summed E-state index contributed by atoms with van der Waals surface area (Å²) in [6.07, 6.45) is 5.34. The van der Waals surface area contributed by atoms with Gasteiger partial charge < -0.3 is 5.73 Å². The van der Waals surface area contributed by atoms with Gasteiger partial charge in [0.25, 0.3) is 21.5 Å². The molecule has 3 heterocycles. The number of aryl methyl sites for hydroxylation is 2. The van der Waals surface area contributed by atoms with Crippen LogP contribution in [0.3, 0.4) is 0 Å². The van der Waals surface area contributed by atoms with E-state index in [9.17, 15) is 13.2 Å². The average Bonchev–Trinajstić information content (AvgIpc) is 2.62. The van der Waals surface area contributed by atoms with Gasteiger partial charge in [0.2, 0.25) is 19.0 Å². The Kier molecular flexibility index (Phi) is 7.64. The van der Waals surface area contributed by atoms with Gasteiger partial charge in [0, 0.05) is 24.3 Å². The number of carbonyl (C=O) groups excluding carboxylic acids is 1. The maximum atomic E-state index is 9.47. The Morgan fingerprint density at radius 2 is 1.40 bits per heavy atom. The van der Waals surface area contributed by atoms with Gasteiger partial charge in [-0.25, -0.2) is 0 Å². The summed E-state index contributed by atoms with van der Waals surface area (Å²) in [6, 6.07) is 12.7. The van der Waals surface area contributed by atoms with Crippen molar-refractivity contribution < 1.29 is 26.9 Å². The van der Waals surface area contributed by atoms with Gasteiger partial charge in [-0.15, -0.1) is 0 Å². The van der Waals surface area contributed by atoms with Gasteiger partial charge in [-0.1, -0.05) is 13.2 Å². The van der Waals surface area contributed by atoms with E-state index in [0.29, 0.717) is 5.41 Å². The van der Waals surface area contributed by atoms with Crippen molar-refractivity contribution in [1.29, 1.82) is 0 Å². The number of fused-ring (bicyclic) bond motifs is 3. The van der Waals surface area contributed by atoms with E-state index in [0.717, 1.165) is 19.2 Å². The predicted octanol–water partition coefficient (Wildman–Crippen LogP) is 0.618. The molecule has 0 aromatic carbocycles. The highest BCUT2D eigenvalue weighted by Gasteiger charge is 2.27. The molecule has 1 amide bonds. The molecule has 8 heteroatoms. The Balaban J connectivity index is 0.000000240. The van der Waals surface area contributed by atoms with Crippen LogP contribution in [0.15, 0.2) is 73.4 Å². The smallest absolute Gasteiger partial charge is 0.287 e. The molecule has 0 bridgehead atoms. The van der Waals surface area contributed by atoms with Gasteiger partial charge in [-0.2, -0.15) is 17.6 Å². The maximum absolute atomic E-state index is 9.47. The highest BCUT2D eigenvalue weighted by atomic mass is 32.2. The standard InChI is InChI=1S/C12H12N2.C3H5NO.C2H4O3S/c1-3-7-13-9-10-14-8-4-2-6-12(14)11(13)5-1;1-2-3(4)5;1-2-6(3,4)5/h1-8H,9-10H2;2H,1H2,(H2,4,5);2H,1H2,(H,3,4,5)/q+2;;. The molecule has 0 saturated carbocycles. The summed E-state index contributed by atoms with van der Waals surface area (Å²) in [5.41, 5.74) is 7.14. The van der Waals surface area contributed by atoms with E-state index in [1.54, 1.807) is 0 Å². The minimum atomic E-state index is -3.90. The van der Waals surface area contributed by atoms with Crippen molar-refractivity contribution in [2.24, 2.45) is 5.73 Å². The highest BCUT2D eigenvalue weighted by Crippen LogP contribution is 2.11. The molecule has 2 aromatic rings. The van der Waals surface area contributed by atoms with E-state index in [-0.39, 0.29) is 0 Å². The molecule has 3 rings (SSSR count). The minimum absolute atomic E-state index is 0.465. The Hall–Kier alpha value is -2.84. The fourth-order valence-electron chi connectivity index (χ4n) is 2.02. The maximum Gasteiger partial charge on any atom is 0.287 e. The Bertz CT molecular complexity index is 807. The molecule has 1 aliphatic rings. The molecule has 132 valence electrons. The van der Waals surface area contributed by atoms with E-state index in [1.165, 1.54) is 11.4 Å². The third-order valence-electron chi connectivity index (χ3n) is 3.14. The number of nitrogens with zero attached hydrogens (tertiary/aromatic N) is 2. The fourth-order valence-corrected chi connectivity index (χ4v) is 2.02. The molecule has 0 atom stereocenters. The number of pyridine rings is 2. The van der Waals surface area contributed by atoms with Gasteiger partial charge in [-0.3, -0.25) is 9.35 Å². The van der Waals surface area contributed by atoms with E-state index < -0.39 is 16.0 Å². The molecule has 0 aliphatic carbocycles. The monoisotopic (exact) mass is 363 g/mol. The summed E-state index contributed by atoms with van der Waals surface area (Å²) in [5, 5.41) is 0.465. The first kappa shape index (κ1) is 20.2. The molecule has 0 saturated heterocycles. The number of nitrogens with two attached hydrogens (primary N) is 1. The van der Waals surface area contributed by atoms with Crippen LogP contribution in [0, 0.1) is 0 Å². The molecule has 7 nitrogen and oxygen atoms in total. The Morgan fingerprint density at radius 1 is 1.04 bits per heavy atom. The van der Waals surface area contributed by atoms with Crippen molar-refractivity contribution in [3.63, 3.8) is 0 Å². The molecular weight excluding hydrogens is 342 g/mol. The summed E-state index contributed by atoms with van der Waals surface area (Å²) in [7, 11) is -3.90. The largest absolute Gasteiger partial charge is 0.366 e. The van der Waals surface area contributed by atoms with Crippen molar-refractivity contribution in [3.05, 3.63) is 73.4 Å². The molecular formula is C17H21N3O4S+2. The lowest BCUT2D eigenvalue weighted by Gasteiger charge is -2.08. The zero-order chi connectivity index (χ0) is 18.9. The van der Waals surface area contributed by atoms with Gasteiger partial charge >= 0.3 is 0 Å². The van der Waals surface area contributed by atoms with Crippen molar-refractivity contribution in [2.75, 3.05) is 0 Å². The van der Waals surface area contributed by atoms with Gasteiger partial charge in [0.1, 0.15) is 0 Å². The SMILES string of the molecule is C=CC(N)=O.C=CS(=O)(=O)O.c1cc[n+]2c(c1)-c1cccc[n+]1CC2. The summed E-state index contributed by atoms with van der Waals surface area (Å²) in [6.45, 7) is 8.01. The highest BCUT2D eigenvalue weighted by molar-refractivity contribution is 7.88. The third kappa shape index (κ3) is 7.06. The number of amides is 1. The van der Waals surface area contributed by atoms with Crippen LogP contribution in [0.25, 0.3) is 11.4 Å². The third-order valence-corrected chi connectivity index (χ3v) is 3.56. The van der Waals surface area contributed by atoms with E-state index in [1.807, 2.05) is 0 Å². The van der Waals surface area contributed by atoms with Crippen LogP contribution in [0.2, 0.25) is 0 Å². The van der Waals surface area contributed by atoms with Crippen LogP contribution in [0.5, 0.6) is 0 Å². The lowest BCUT2D eigenvalue weighted by molar-refractivity contribution is -0.794. The van der Waals surface area contributed by atoms with E-state index in [2.05, 4.69) is 76.8 Å².